The lowest BCUT2D eigenvalue weighted by molar-refractivity contribution is 0.0861. The Morgan fingerprint density at radius 1 is 1.36 bits per heavy atom. The Bertz CT molecular complexity index is 364. The second-order valence-electron chi connectivity index (χ2n) is 3.05. The maximum Gasteiger partial charge on any atom is 0.260 e. The molecular weight excluding hydrogens is 196 g/mol. The number of thiocarbonyl (C=S) groups is 1. The van der Waals surface area contributed by atoms with Gasteiger partial charge in [0, 0.05) is 18.7 Å². The average molecular weight is 206 g/mol. The van der Waals surface area contributed by atoms with E-state index in [0.717, 1.165) is 6.54 Å². The van der Waals surface area contributed by atoms with E-state index < -0.39 is 0 Å². The van der Waals surface area contributed by atoms with E-state index in [0.29, 0.717) is 17.2 Å². The Labute approximate surface area is 87.7 Å². The molecule has 1 aliphatic heterocycles. The van der Waals surface area contributed by atoms with E-state index in [1.54, 1.807) is 17.0 Å². The molecule has 0 bridgehead atoms. The smallest absolute Gasteiger partial charge is 0.260 e. The molecule has 1 aromatic carbocycles. The predicted molar refractivity (Wildman–Crippen MR) is 58.1 cm³/mol. The molecule has 0 radical (unpaired) electrons. The third kappa shape index (κ3) is 1.61. The molecule has 0 unspecified atom stereocenters. The van der Waals surface area contributed by atoms with Crippen LogP contribution in [0.1, 0.15) is 10.4 Å². The van der Waals surface area contributed by atoms with E-state index >= 15 is 0 Å². The minimum absolute atomic E-state index is 0.0272. The third-order valence-electron chi connectivity index (χ3n) is 2.12. The van der Waals surface area contributed by atoms with Gasteiger partial charge in [0.1, 0.15) is 0 Å². The molecule has 1 aromatic rings. The molecule has 0 aromatic heterocycles. The maximum atomic E-state index is 11.9. The van der Waals surface area contributed by atoms with Gasteiger partial charge in [-0.3, -0.25) is 9.69 Å². The number of carbonyl (C=O) groups is 1. The number of carbonyl (C=O) groups excluding carboxylic acids is 1. The summed E-state index contributed by atoms with van der Waals surface area (Å²) in [7, 11) is 0. The van der Waals surface area contributed by atoms with Crippen LogP contribution in [0.2, 0.25) is 0 Å². The van der Waals surface area contributed by atoms with Crippen molar-refractivity contribution in [3.8, 4) is 0 Å². The number of rotatable bonds is 1. The number of nitrogens with zero attached hydrogens (tertiary/aromatic N) is 1. The van der Waals surface area contributed by atoms with Gasteiger partial charge in [0.2, 0.25) is 0 Å². The Kier molecular flexibility index (Phi) is 2.45. The first-order chi connectivity index (χ1) is 6.79. The SMILES string of the molecule is O=C(c1ccccc1)N1CCNC1=S. The lowest BCUT2D eigenvalue weighted by Gasteiger charge is -2.13. The molecule has 2 rings (SSSR count). The molecule has 14 heavy (non-hydrogen) atoms. The van der Waals surface area contributed by atoms with E-state index in [-0.39, 0.29) is 5.91 Å². The molecule has 4 heteroatoms. The summed E-state index contributed by atoms with van der Waals surface area (Å²) in [5, 5.41) is 3.48. The van der Waals surface area contributed by atoms with Gasteiger partial charge in [-0.1, -0.05) is 18.2 Å². The highest BCUT2D eigenvalue weighted by molar-refractivity contribution is 7.80. The largest absolute Gasteiger partial charge is 0.360 e. The van der Waals surface area contributed by atoms with Crippen molar-refractivity contribution in [3.05, 3.63) is 35.9 Å². The van der Waals surface area contributed by atoms with Gasteiger partial charge >= 0.3 is 0 Å². The number of benzene rings is 1. The van der Waals surface area contributed by atoms with Crippen molar-refractivity contribution in [3.63, 3.8) is 0 Å². The number of nitrogens with one attached hydrogen (secondary N) is 1. The Morgan fingerprint density at radius 3 is 2.64 bits per heavy atom. The number of hydrogen-bond acceptors (Lipinski definition) is 2. The second kappa shape index (κ2) is 3.75. The summed E-state index contributed by atoms with van der Waals surface area (Å²) in [6.45, 7) is 1.41. The highest BCUT2D eigenvalue weighted by atomic mass is 32.1. The quantitative estimate of drug-likeness (QED) is 0.696. The summed E-state index contributed by atoms with van der Waals surface area (Å²) in [4.78, 5) is 13.4. The minimum atomic E-state index is -0.0272. The van der Waals surface area contributed by atoms with Crippen LogP contribution in [0.5, 0.6) is 0 Å². The fourth-order valence-electron chi connectivity index (χ4n) is 1.40. The van der Waals surface area contributed by atoms with Gasteiger partial charge in [0.15, 0.2) is 5.11 Å². The molecule has 3 nitrogen and oxygen atoms in total. The minimum Gasteiger partial charge on any atom is -0.360 e. The van der Waals surface area contributed by atoms with Crippen molar-refractivity contribution >= 4 is 23.2 Å². The van der Waals surface area contributed by atoms with Crippen LogP contribution in [0.4, 0.5) is 0 Å². The highest BCUT2D eigenvalue weighted by Gasteiger charge is 2.23. The van der Waals surface area contributed by atoms with Gasteiger partial charge < -0.3 is 5.32 Å². The van der Waals surface area contributed by atoms with Crippen molar-refractivity contribution in [2.45, 2.75) is 0 Å². The van der Waals surface area contributed by atoms with Crippen LogP contribution >= 0.6 is 12.2 Å². The topological polar surface area (TPSA) is 32.3 Å². The van der Waals surface area contributed by atoms with E-state index in [1.807, 2.05) is 18.2 Å². The van der Waals surface area contributed by atoms with Crippen LogP contribution in [-0.2, 0) is 0 Å². The summed E-state index contributed by atoms with van der Waals surface area (Å²) in [5.41, 5.74) is 0.679. The molecule has 0 saturated carbocycles. The van der Waals surface area contributed by atoms with E-state index in [4.69, 9.17) is 12.2 Å². The molecule has 0 spiro atoms. The molecule has 1 N–H and O–H groups in total. The first-order valence-corrected chi connectivity index (χ1v) is 4.84. The summed E-state index contributed by atoms with van der Waals surface area (Å²) < 4.78 is 0. The lowest BCUT2D eigenvalue weighted by Crippen LogP contribution is -2.33. The molecular formula is C10H10N2OS. The number of amides is 1. The summed E-state index contributed by atoms with van der Waals surface area (Å²) in [5.74, 6) is -0.0272. The zero-order chi connectivity index (χ0) is 9.97. The molecule has 1 saturated heterocycles. The van der Waals surface area contributed by atoms with Crippen molar-refractivity contribution in [2.24, 2.45) is 0 Å². The van der Waals surface area contributed by atoms with Crippen LogP contribution in [0, 0.1) is 0 Å². The summed E-state index contributed by atoms with van der Waals surface area (Å²) in [6.07, 6.45) is 0. The highest BCUT2D eigenvalue weighted by Crippen LogP contribution is 2.07. The fraction of sp³-hybridized carbons (Fsp3) is 0.200. The van der Waals surface area contributed by atoms with E-state index in [9.17, 15) is 4.79 Å². The third-order valence-corrected chi connectivity index (χ3v) is 2.49. The molecule has 1 amide bonds. The van der Waals surface area contributed by atoms with Gasteiger partial charge in [-0.05, 0) is 24.4 Å². The lowest BCUT2D eigenvalue weighted by atomic mass is 10.2. The maximum absolute atomic E-state index is 11.9. The normalized spacial score (nSPS) is 15.4. The summed E-state index contributed by atoms with van der Waals surface area (Å²) >= 11 is 5.01. The van der Waals surface area contributed by atoms with Crippen LogP contribution in [0.15, 0.2) is 30.3 Å². The van der Waals surface area contributed by atoms with Crippen LogP contribution in [-0.4, -0.2) is 29.0 Å². The monoisotopic (exact) mass is 206 g/mol. The standard InChI is InChI=1S/C10H10N2OS/c13-9(8-4-2-1-3-5-8)12-7-6-11-10(12)14/h1-5H,6-7H2,(H,11,14). The van der Waals surface area contributed by atoms with Crippen LogP contribution in [0.3, 0.4) is 0 Å². The molecule has 1 aliphatic rings. The molecule has 1 fully saturated rings. The molecule has 1 heterocycles. The van der Waals surface area contributed by atoms with Crippen LogP contribution < -0.4 is 5.32 Å². The van der Waals surface area contributed by atoms with Crippen molar-refractivity contribution in [1.29, 1.82) is 0 Å². The molecule has 0 aliphatic carbocycles. The van der Waals surface area contributed by atoms with Crippen molar-refractivity contribution in [2.75, 3.05) is 13.1 Å². The molecule has 0 atom stereocenters. The Morgan fingerprint density at radius 2 is 2.07 bits per heavy atom. The van der Waals surface area contributed by atoms with E-state index in [2.05, 4.69) is 5.32 Å². The second-order valence-corrected chi connectivity index (χ2v) is 3.44. The van der Waals surface area contributed by atoms with Crippen molar-refractivity contribution in [1.82, 2.24) is 10.2 Å². The Hall–Kier alpha value is -1.42. The predicted octanol–water partition coefficient (Wildman–Crippen LogP) is 1.02. The van der Waals surface area contributed by atoms with Crippen molar-refractivity contribution < 1.29 is 4.79 Å². The summed E-state index contributed by atoms with van der Waals surface area (Å²) in [6, 6.07) is 9.17. The fourth-order valence-corrected chi connectivity index (χ4v) is 1.68. The Balaban J connectivity index is 2.20. The first-order valence-electron chi connectivity index (χ1n) is 4.44. The van der Waals surface area contributed by atoms with Gasteiger partial charge in [0.05, 0.1) is 0 Å². The zero-order valence-corrected chi connectivity index (χ0v) is 8.38. The van der Waals surface area contributed by atoms with Gasteiger partial charge in [-0.25, -0.2) is 0 Å². The van der Waals surface area contributed by atoms with E-state index in [1.165, 1.54) is 0 Å². The average Bonchev–Trinajstić information content (AvgIpc) is 2.65. The zero-order valence-electron chi connectivity index (χ0n) is 7.56. The van der Waals surface area contributed by atoms with Gasteiger partial charge in [-0.2, -0.15) is 0 Å². The first kappa shape index (κ1) is 9.15. The number of hydrogen-bond donors (Lipinski definition) is 1. The van der Waals surface area contributed by atoms with Crippen LogP contribution in [0.25, 0.3) is 0 Å². The molecule has 72 valence electrons. The van der Waals surface area contributed by atoms with Gasteiger partial charge in [0.25, 0.3) is 5.91 Å². The van der Waals surface area contributed by atoms with Gasteiger partial charge in [-0.15, -0.1) is 0 Å².